The molecular formula is C69H137NO3. The SMILES string of the molecule is CCCCCCCCCCCCCCCCCCCCCCCCCC/C=C/C(O)C(CO)NC(=O)CCCCCCCCCCCCCCCCCCCCCCCCCCCCCCCCCCCCC. The first-order valence-electron chi connectivity index (χ1n) is 34.4. The van der Waals surface area contributed by atoms with Gasteiger partial charge in [-0.1, -0.05) is 392 Å². The van der Waals surface area contributed by atoms with Crippen LogP contribution in [0.15, 0.2) is 12.2 Å². The first-order chi connectivity index (χ1) is 36.2. The van der Waals surface area contributed by atoms with Crippen molar-refractivity contribution in [2.75, 3.05) is 6.61 Å². The van der Waals surface area contributed by atoms with Gasteiger partial charge in [0.25, 0.3) is 0 Å². The summed E-state index contributed by atoms with van der Waals surface area (Å²) in [5.41, 5.74) is 0. The second kappa shape index (κ2) is 65.4. The molecule has 73 heavy (non-hydrogen) atoms. The van der Waals surface area contributed by atoms with Crippen molar-refractivity contribution in [1.82, 2.24) is 5.32 Å². The van der Waals surface area contributed by atoms with Gasteiger partial charge in [0.1, 0.15) is 0 Å². The first kappa shape index (κ1) is 72.1. The highest BCUT2D eigenvalue weighted by Crippen LogP contribution is 2.20. The molecule has 3 N–H and O–H groups in total. The summed E-state index contributed by atoms with van der Waals surface area (Å²) in [7, 11) is 0. The largest absolute Gasteiger partial charge is 0.394 e. The average Bonchev–Trinajstić information content (AvgIpc) is 3.40. The molecular weight excluding hydrogens is 891 g/mol. The molecule has 0 fully saturated rings. The number of carbonyl (C=O) groups excluding carboxylic acids is 1. The lowest BCUT2D eigenvalue weighted by Gasteiger charge is -2.20. The molecule has 0 heterocycles. The van der Waals surface area contributed by atoms with Gasteiger partial charge in [0.2, 0.25) is 5.91 Å². The number of amides is 1. The molecule has 0 spiro atoms. The van der Waals surface area contributed by atoms with Crippen molar-refractivity contribution in [2.24, 2.45) is 0 Å². The van der Waals surface area contributed by atoms with Crippen molar-refractivity contribution in [2.45, 2.75) is 418 Å². The number of nitrogens with one attached hydrogen (secondary N) is 1. The molecule has 0 saturated heterocycles. The quantitative estimate of drug-likeness (QED) is 0.0420. The minimum Gasteiger partial charge on any atom is -0.394 e. The van der Waals surface area contributed by atoms with Crippen LogP contribution >= 0.6 is 0 Å². The number of hydrogen-bond acceptors (Lipinski definition) is 3. The summed E-state index contributed by atoms with van der Waals surface area (Å²) in [5, 5.41) is 23.3. The Morgan fingerprint density at radius 3 is 0.712 bits per heavy atom. The van der Waals surface area contributed by atoms with Crippen LogP contribution in [0.4, 0.5) is 0 Å². The lowest BCUT2D eigenvalue weighted by atomic mass is 10.0. The number of allylic oxidation sites excluding steroid dienone is 1. The highest BCUT2D eigenvalue weighted by Gasteiger charge is 2.18. The van der Waals surface area contributed by atoms with Gasteiger partial charge >= 0.3 is 0 Å². The van der Waals surface area contributed by atoms with Gasteiger partial charge in [-0.25, -0.2) is 0 Å². The first-order valence-corrected chi connectivity index (χ1v) is 34.4. The van der Waals surface area contributed by atoms with Crippen LogP contribution in [-0.4, -0.2) is 34.9 Å². The van der Waals surface area contributed by atoms with E-state index in [1.165, 1.54) is 360 Å². The zero-order chi connectivity index (χ0) is 52.7. The third-order valence-electron chi connectivity index (χ3n) is 16.5. The van der Waals surface area contributed by atoms with Gasteiger partial charge in [0, 0.05) is 6.42 Å². The fourth-order valence-electron chi connectivity index (χ4n) is 11.3. The maximum Gasteiger partial charge on any atom is 0.220 e. The summed E-state index contributed by atoms with van der Waals surface area (Å²) in [6.45, 7) is 4.37. The van der Waals surface area contributed by atoms with E-state index in [0.717, 1.165) is 25.7 Å². The standard InChI is InChI=1S/C69H137NO3/c1-3-5-7-9-11-13-15-17-19-21-23-25-27-29-31-32-33-34-35-36-37-38-39-41-43-45-47-49-51-53-55-57-59-61-63-65-69(73)70-67(66-71)68(72)64-62-60-58-56-54-52-50-48-46-44-42-40-30-28-26-24-22-20-18-16-14-12-10-8-6-4-2/h62,64,67-68,71-72H,3-61,63,65-66H2,1-2H3,(H,70,73)/b64-62+. The predicted molar refractivity (Wildman–Crippen MR) is 327 cm³/mol. The van der Waals surface area contributed by atoms with Gasteiger partial charge in [-0.2, -0.15) is 0 Å². The molecule has 0 aliphatic heterocycles. The topological polar surface area (TPSA) is 69.6 Å². The molecule has 0 aromatic rings. The van der Waals surface area contributed by atoms with E-state index in [4.69, 9.17) is 0 Å². The Bertz CT molecular complexity index is 1030. The fourth-order valence-corrected chi connectivity index (χ4v) is 11.3. The minimum atomic E-state index is -0.837. The van der Waals surface area contributed by atoms with Crippen molar-refractivity contribution in [3.63, 3.8) is 0 Å². The zero-order valence-corrected chi connectivity index (χ0v) is 50.5. The summed E-state index contributed by atoms with van der Waals surface area (Å²) >= 11 is 0. The average molecular weight is 1030 g/mol. The van der Waals surface area contributed by atoms with Crippen molar-refractivity contribution >= 4 is 5.91 Å². The molecule has 0 aliphatic rings. The van der Waals surface area contributed by atoms with Crippen LogP contribution in [0.2, 0.25) is 0 Å². The normalized spacial score (nSPS) is 12.7. The highest BCUT2D eigenvalue weighted by molar-refractivity contribution is 5.76. The number of unbranched alkanes of at least 4 members (excludes halogenated alkanes) is 58. The summed E-state index contributed by atoms with van der Waals surface area (Å²) < 4.78 is 0. The molecule has 2 atom stereocenters. The molecule has 0 saturated carbocycles. The van der Waals surface area contributed by atoms with Gasteiger partial charge in [-0.05, 0) is 19.3 Å². The fraction of sp³-hybridized carbons (Fsp3) is 0.957. The van der Waals surface area contributed by atoms with E-state index in [1.54, 1.807) is 6.08 Å². The Hall–Kier alpha value is -0.870. The Morgan fingerprint density at radius 1 is 0.315 bits per heavy atom. The third-order valence-corrected chi connectivity index (χ3v) is 16.5. The van der Waals surface area contributed by atoms with Gasteiger partial charge in [0.15, 0.2) is 0 Å². The second-order valence-corrected chi connectivity index (χ2v) is 24.0. The van der Waals surface area contributed by atoms with Gasteiger partial charge < -0.3 is 15.5 Å². The predicted octanol–water partition coefficient (Wildman–Crippen LogP) is 23.2. The number of carbonyl (C=O) groups is 1. The van der Waals surface area contributed by atoms with Crippen LogP contribution in [0.5, 0.6) is 0 Å². The number of aliphatic hydroxyl groups excluding tert-OH is 2. The summed E-state index contributed by atoms with van der Waals surface area (Å²) in [5.74, 6) is -0.0532. The van der Waals surface area contributed by atoms with Crippen LogP contribution in [-0.2, 0) is 4.79 Å². The van der Waals surface area contributed by atoms with Crippen LogP contribution in [0.25, 0.3) is 0 Å². The van der Waals surface area contributed by atoms with Gasteiger partial charge in [-0.15, -0.1) is 0 Å². The van der Waals surface area contributed by atoms with E-state index in [-0.39, 0.29) is 12.5 Å². The Morgan fingerprint density at radius 2 is 0.507 bits per heavy atom. The van der Waals surface area contributed by atoms with E-state index >= 15 is 0 Å². The highest BCUT2D eigenvalue weighted by atomic mass is 16.3. The van der Waals surface area contributed by atoms with E-state index in [0.29, 0.717) is 6.42 Å². The molecule has 2 unspecified atom stereocenters. The molecule has 0 radical (unpaired) electrons. The Balaban J connectivity index is 3.38. The lowest BCUT2D eigenvalue weighted by Crippen LogP contribution is -2.45. The zero-order valence-electron chi connectivity index (χ0n) is 50.5. The summed E-state index contributed by atoms with van der Waals surface area (Å²) in [4.78, 5) is 12.5. The summed E-state index contributed by atoms with van der Waals surface area (Å²) in [6.07, 6.45) is 87.3. The molecule has 436 valence electrons. The van der Waals surface area contributed by atoms with E-state index in [1.807, 2.05) is 6.08 Å². The Labute approximate surface area is 460 Å². The van der Waals surface area contributed by atoms with E-state index in [9.17, 15) is 15.0 Å². The second-order valence-electron chi connectivity index (χ2n) is 24.0. The van der Waals surface area contributed by atoms with Crippen molar-refractivity contribution in [1.29, 1.82) is 0 Å². The van der Waals surface area contributed by atoms with Crippen molar-refractivity contribution < 1.29 is 15.0 Å². The molecule has 0 rings (SSSR count). The molecule has 4 nitrogen and oxygen atoms in total. The number of rotatable bonds is 65. The van der Waals surface area contributed by atoms with E-state index in [2.05, 4.69) is 19.2 Å². The van der Waals surface area contributed by atoms with Gasteiger partial charge in [-0.3, -0.25) is 4.79 Å². The van der Waals surface area contributed by atoms with E-state index < -0.39 is 12.1 Å². The van der Waals surface area contributed by atoms with Gasteiger partial charge in [0.05, 0.1) is 18.8 Å². The van der Waals surface area contributed by atoms with Crippen LogP contribution in [0.3, 0.4) is 0 Å². The Kier molecular flexibility index (Phi) is 64.6. The molecule has 0 aromatic carbocycles. The number of aliphatic hydroxyl groups is 2. The molecule has 1 amide bonds. The summed E-state index contributed by atoms with van der Waals surface area (Å²) in [6, 6.07) is -0.619. The minimum absolute atomic E-state index is 0.0532. The third kappa shape index (κ3) is 61.9. The molecule has 0 bridgehead atoms. The lowest BCUT2D eigenvalue weighted by molar-refractivity contribution is -0.123. The number of hydrogen-bond donors (Lipinski definition) is 3. The maximum absolute atomic E-state index is 12.5. The smallest absolute Gasteiger partial charge is 0.220 e. The molecule has 0 aliphatic carbocycles. The molecule has 4 heteroatoms. The maximum atomic E-state index is 12.5. The van der Waals surface area contributed by atoms with Crippen molar-refractivity contribution in [3.05, 3.63) is 12.2 Å². The molecule has 0 aromatic heterocycles. The van der Waals surface area contributed by atoms with Crippen LogP contribution in [0.1, 0.15) is 406 Å². The van der Waals surface area contributed by atoms with Crippen LogP contribution in [0, 0.1) is 0 Å². The van der Waals surface area contributed by atoms with Crippen LogP contribution < -0.4 is 5.32 Å². The monoisotopic (exact) mass is 1030 g/mol. The van der Waals surface area contributed by atoms with Crippen molar-refractivity contribution in [3.8, 4) is 0 Å².